The lowest BCUT2D eigenvalue weighted by Crippen LogP contribution is -2.41. The van der Waals surface area contributed by atoms with Crippen molar-refractivity contribution in [1.82, 2.24) is 10.9 Å². The summed E-state index contributed by atoms with van der Waals surface area (Å²) in [6.07, 6.45) is 4.59. The molecule has 0 aliphatic heterocycles. The summed E-state index contributed by atoms with van der Waals surface area (Å²) in [5.41, 5.74) is 5.68. The largest absolute Gasteiger partial charge is 0.494 e. The molecule has 0 heterocycles. The summed E-state index contributed by atoms with van der Waals surface area (Å²) in [5.74, 6) is 0.624. The molecule has 6 nitrogen and oxygen atoms in total. The fourth-order valence-corrected chi connectivity index (χ4v) is 2.55. The van der Waals surface area contributed by atoms with Crippen LogP contribution in [0.1, 0.15) is 60.2 Å². The minimum absolute atomic E-state index is 0.395. The number of carbonyl (C=O) groups excluding carboxylic acids is 2. The zero-order valence-electron chi connectivity index (χ0n) is 16.5. The van der Waals surface area contributed by atoms with Gasteiger partial charge in [0.1, 0.15) is 11.5 Å². The number of rotatable bonds is 10. The van der Waals surface area contributed by atoms with E-state index >= 15 is 0 Å². The fourth-order valence-electron chi connectivity index (χ4n) is 2.55. The predicted octanol–water partition coefficient (Wildman–Crippen LogP) is 4.12. The normalized spacial score (nSPS) is 10.2. The Hall–Kier alpha value is -3.02. The van der Waals surface area contributed by atoms with Gasteiger partial charge >= 0.3 is 0 Å². The van der Waals surface area contributed by atoms with Gasteiger partial charge in [-0.3, -0.25) is 20.4 Å². The fraction of sp³-hybridized carbons (Fsp3) is 0.364. The molecule has 2 aromatic rings. The number of carbonyl (C=O) groups is 2. The third-order valence-corrected chi connectivity index (χ3v) is 4.10. The van der Waals surface area contributed by atoms with Gasteiger partial charge in [-0.1, -0.05) is 26.2 Å². The summed E-state index contributed by atoms with van der Waals surface area (Å²) in [6.45, 7) is 5.29. The van der Waals surface area contributed by atoms with Crippen LogP contribution in [0.3, 0.4) is 0 Å². The van der Waals surface area contributed by atoms with Crippen LogP contribution in [0.4, 0.5) is 0 Å². The molecule has 0 aliphatic carbocycles. The van der Waals surface area contributed by atoms with Gasteiger partial charge in [0.15, 0.2) is 0 Å². The lowest BCUT2D eigenvalue weighted by atomic mass is 10.2. The minimum Gasteiger partial charge on any atom is -0.494 e. The van der Waals surface area contributed by atoms with Gasteiger partial charge in [-0.05, 0) is 61.9 Å². The number of nitrogens with one attached hydrogen (secondary N) is 2. The SMILES string of the molecule is CCCCCCOc1ccc(C(=O)NNC(=O)c2ccc(OCC)cc2)cc1. The molecule has 0 saturated carbocycles. The standard InChI is InChI=1S/C22H28N2O4/c1-3-5-6-7-16-28-20-14-10-18(11-15-20)22(26)24-23-21(25)17-8-12-19(13-9-17)27-4-2/h8-15H,3-7,16H2,1-2H3,(H,23,25)(H,24,26). The third-order valence-electron chi connectivity index (χ3n) is 4.10. The lowest BCUT2D eigenvalue weighted by molar-refractivity contribution is 0.0846. The third kappa shape index (κ3) is 6.95. The molecule has 0 spiro atoms. The molecule has 2 rings (SSSR count). The average Bonchev–Trinajstić information content (AvgIpc) is 2.73. The first-order valence-corrected chi connectivity index (χ1v) is 9.70. The molecule has 2 N–H and O–H groups in total. The highest BCUT2D eigenvalue weighted by molar-refractivity contribution is 5.99. The second kappa shape index (κ2) is 11.6. The van der Waals surface area contributed by atoms with Crippen LogP contribution in [-0.2, 0) is 0 Å². The molecule has 0 aromatic heterocycles. The van der Waals surface area contributed by atoms with Crippen molar-refractivity contribution in [1.29, 1.82) is 0 Å². The molecule has 0 radical (unpaired) electrons. The van der Waals surface area contributed by atoms with Gasteiger partial charge in [0.25, 0.3) is 11.8 Å². The summed E-state index contributed by atoms with van der Waals surface area (Å²) in [4.78, 5) is 24.3. The number of benzene rings is 2. The molecule has 0 saturated heterocycles. The second-order valence-electron chi connectivity index (χ2n) is 6.30. The van der Waals surface area contributed by atoms with Crippen LogP contribution in [0.25, 0.3) is 0 Å². The van der Waals surface area contributed by atoms with Crippen LogP contribution in [0.5, 0.6) is 11.5 Å². The van der Waals surface area contributed by atoms with E-state index < -0.39 is 11.8 Å². The Labute approximate surface area is 166 Å². The number of hydrogen-bond acceptors (Lipinski definition) is 4. The maximum atomic E-state index is 12.2. The molecule has 2 aromatic carbocycles. The van der Waals surface area contributed by atoms with Crippen LogP contribution >= 0.6 is 0 Å². The van der Waals surface area contributed by atoms with E-state index in [1.807, 2.05) is 6.92 Å². The Balaban J connectivity index is 1.78. The first-order chi connectivity index (χ1) is 13.6. The van der Waals surface area contributed by atoms with E-state index in [4.69, 9.17) is 9.47 Å². The van der Waals surface area contributed by atoms with Gasteiger partial charge < -0.3 is 9.47 Å². The summed E-state index contributed by atoms with van der Waals surface area (Å²) < 4.78 is 11.0. The zero-order valence-corrected chi connectivity index (χ0v) is 16.5. The van der Waals surface area contributed by atoms with Crippen molar-refractivity contribution >= 4 is 11.8 Å². The first-order valence-electron chi connectivity index (χ1n) is 9.70. The number of ether oxygens (including phenoxy) is 2. The molecule has 0 aliphatic rings. The van der Waals surface area contributed by atoms with Crippen LogP contribution in [0.15, 0.2) is 48.5 Å². The highest BCUT2D eigenvalue weighted by atomic mass is 16.5. The molecule has 0 atom stereocenters. The van der Waals surface area contributed by atoms with Gasteiger partial charge in [0.05, 0.1) is 13.2 Å². The van der Waals surface area contributed by atoms with Gasteiger partial charge in [-0.25, -0.2) is 0 Å². The maximum absolute atomic E-state index is 12.2. The highest BCUT2D eigenvalue weighted by Gasteiger charge is 2.09. The van der Waals surface area contributed by atoms with Gasteiger partial charge in [-0.15, -0.1) is 0 Å². The molecule has 0 fully saturated rings. The van der Waals surface area contributed by atoms with Crippen molar-refractivity contribution in [2.75, 3.05) is 13.2 Å². The predicted molar refractivity (Wildman–Crippen MR) is 109 cm³/mol. The molecule has 0 unspecified atom stereocenters. The quantitative estimate of drug-likeness (QED) is 0.477. The zero-order chi connectivity index (χ0) is 20.2. The maximum Gasteiger partial charge on any atom is 0.269 e. The Morgan fingerprint density at radius 1 is 0.714 bits per heavy atom. The van der Waals surface area contributed by atoms with E-state index in [9.17, 15) is 9.59 Å². The second-order valence-corrected chi connectivity index (χ2v) is 6.30. The molecule has 0 bridgehead atoms. The topological polar surface area (TPSA) is 76.7 Å². The van der Waals surface area contributed by atoms with Crippen LogP contribution < -0.4 is 20.3 Å². The van der Waals surface area contributed by atoms with E-state index in [1.54, 1.807) is 48.5 Å². The van der Waals surface area contributed by atoms with Crippen molar-refractivity contribution in [3.63, 3.8) is 0 Å². The lowest BCUT2D eigenvalue weighted by Gasteiger charge is -2.09. The Kier molecular flexibility index (Phi) is 8.85. The number of amides is 2. The molecular formula is C22H28N2O4. The van der Waals surface area contributed by atoms with Crippen molar-refractivity contribution in [3.05, 3.63) is 59.7 Å². The minimum atomic E-state index is -0.400. The number of unbranched alkanes of at least 4 members (excludes halogenated alkanes) is 3. The molecular weight excluding hydrogens is 356 g/mol. The van der Waals surface area contributed by atoms with Crippen LogP contribution in [-0.4, -0.2) is 25.0 Å². The van der Waals surface area contributed by atoms with E-state index in [-0.39, 0.29) is 0 Å². The van der Waals surface area contributed by atoms with E-state index in [0.29, 0.717) is 30.1 Å². The molecule has 150 valence electrons. The molecule has 6 heteroatoms. The monoisotopic (exact) mass is 384 g/mol. The summed E-state index contributed by atoms with van der Waals surface area (Å²) in [6, 6.07) is 13.5. The number of hydrazine groups is 1. The van der Waals surface area contributed by atoms with Crippen LogP contribution in [0.2, 0.25) is 0 Å². The van der Waals surface area contributed by atoms with Crippen molar-refractivity contribution in [2.24, 2.45) is 0 Å². The molecule has 28 heavy (non-hydrogen) atoms. The Morgan fingerprint density at radius 2 is 1.21 bits per heavy atom. The van der Waals surface area contributed by atoms with E-state index in [0.717, 1.165) is 18.6 Å². The van der Waals surface area contributed by atoms with E-state index in [2.05, 4.69) is 17.8 Å². The average molecular weight is 384 g/mol. The molecule has 2 amide bonds. The van der Waals surface area contributed by atoms with Gasteiger partial charge in [-0.2, -0.15) is 0 Å². The van der Waals surface area contributed by atoms with Crippen molar-refractivity contribution in [3.8, 4) is 11.5 Å². The van der Waals surface area contributed by atoms with Crippen molar-refractivity contribution in [2.45, 2.75) is 39.5 Å². The van der Waals surface area contributed by atoms with Crippen LogP contribution in [0, 0.1) is 0 Å². The van der Waals surface area contributed by atoms with Gasteiger partial charge in [0.2, 0.25) is 0 Å². The summed E-state index contributed by atoms with van der Waals surface area (Å²) in [7, 11) is 0. The number of hydrogen-bond donors (Lipinski definition) is 2. The van der Waals surface area contributed by atoms with Gasteiger partial charge in [0, 0.05) is 11.1 Å². The Bertz CT molecular complexity index is 742. The Morgan fingerprint density at radius 3 is 1.68 bits per heavy atom. The first kappa shape index (κ1) is 21.3. The van der Waals surface area contributed by atoms with E-state index in [1.165, 1.54) is 12.8 Å². The smallest absolute Gasteiger partial charge is 0.269 e. The van der Waals surface area contributed by atoms with Crippen molar-refractivity contribution < 1.29 is 19.1 Å². The summed E-state index contributed by atoms with van der Waals surface area (Å²) in [5, 5.41) is 0. The summed E-state index contributed by atoms with van der Waals surface area (Å²) >= 11 is 0. The highest BCUT2D eigenvalue weighted by Crippen LogP contribution is 2.14.